The van der Waals surface area contributed by atoms with Gasteiger partial charge in [0, 0.05) is 6.42 Å². The standard InChI is InChI=1S/C13H19N5/c1-17-7-5-10(6-8-17)9-12-15-13-4-2-3-11(14)18(13)16-12/h2-4,10H,5-9,14H2,1H3. The number of anilines is 1. The van der Waals surface area contributed by atoms with E-state index < -0.39 is 0 Å². The second-order valence-corrected chi connectivity index (χ2v) is 5.20. The second kappa shape index (κ2) is 4.57. The van der Waals surface area contributed by atoms with Gasteiger partial charge in [0.1, 0.15) is 5.82 Å². The van der Waals surface area contributed by atoms with Crippen LogP contribution in [-0.4, -0.2) is 39.6 Å². The van der Waals surface area contributed by atoms with Gasteiger partial charge in [-0.15, -0.1) is 5.10 Å². The van der Waals surface area contributed by atoms with Crippen molar-refractivity contribution in [3.8, 4) is 0 Å². The maximum atomic E-state index is 5.87. The lowest BCUT2D eigenvalue weighted by molar-refractivity contribution is 0.217. The molecule has 0 atom stereocenters. The topological polar surface area (TPSA) is 59.5 Å². The average Bonchev–Trinajstić information content (AvgIpc) is 2.76. The molecule has 0 unspecified atom stereocenters. The zero-order chi connectivity index (χ0) is 12.5. The van der Waals surface area contributed by atoms with Crippen molar-refractivity contribution in [1.29, 1.82) is 0 Å². The molecule has 5 heteroatoms. The van der Waals surface area contributed by atoms with Crippen LogP contribution in [0.4, 0.5) is 5.82 Å². The number of likely N-dealkylation sites (tertiary alicyclic amines) is 1. The van der Waals surface area contributed by atoms with Crippen LogP contribution < -0.4 is 5.73 Å². The predicted octanol–water partition coefficient (Wildman–Crippen LogP) is 1.20. The van der Waals surface area contributed by atoms with Gasteiger partial charge in [-0.05, 0) is 51.0 Å². The summed E-state index contributed by atoms with van der Waals surface area (Å²) in [5.74, 6) is 2.27. The fourth-order valence-corrected chi connectivity index (χ4v) is 2.58. The van der Waals surface area contributed by atoms with Gasteiger partial charge in [-0.3, -0.25) is 0 Å². The van der Waals surface area contributed by atoms with E-state index in [-0.39, 0.29) is 0 Å². The Hall–Kier alpha value is -1.62. The summed E-state index contributed by atoms with van der Waals surface area (Å²) in [6.45, 7) is 2.36. The lowest BCUT2D eigenvalue weighted by Crippen LogP contribution is -2.31. The van der Waals surface area contributed by atoms with Crippen LogP contribution in [-0.2, 0) is 6.42 Å². The van der Waals surface area contributed by atoms with Crippen LogP contribution in [0.25, 0.3) is 5.65 Å². The summed E-state index contributed by atoms with van der Waals surface area (Å²) in [6.07, 6.45) is 3.44. The molecule has 1 aliphatic rings. The quantitative estimate of drug-likeness (QED) is 0.863. The van der Waals surface area contributed by atoms with Crippen molar-refractivity contribution in [3.05, 3.63) is 24.0 Å². The van der Waals surface area contributed by atoms with Gasteiger partial charge in [0.05, 0.1) is 0 Å². The second-order valence-electron chi connectivity index (χ2n) is 5.20. The number of pyridine rings is 1. The summed E-state index contributed by atoms with van der Waals surface area (Å²) >= 11 is 0. The maximum absolute atomic E-state index is 5.87. The highest BCUT2D eigenvalue weighted by molar-refractivity contribution is 5.45. The molecule has 2 N–H and O–H groups in total. The van der Waals surface area contributed by atoms with Crippen LogP contribution in [0.5, 0.6) is 0 Å². The Balaban J connectivity index is 1.77. The molecule has 0 radical (unpaired) electrons. The van der Waals surface area contributed by atoms with E-state index in [1.54, 1.807) is 4.52 Å². The summed E-state index contributed by atoms with van der Waals surface area (Å²) in [4.78, 5) is 6.93. The Morgan fingerprint density at radius 1 is 1.33 bits per heavy atom. The van der Waals surface area contributed by atoms with E-state index in [0.717, 1.165) is 17.9 Å². The molecule has 0 bridgehead atoms. The van der Waals surface area contributed by atoms with Crippen LogP contribution in [0.1, 0.15) is 18.7 Å². The molecule has 3 heterocycles. The molecule has 3 rings (SSSR count). The summed E-state index contributed by atoms with van der Waals surface area (Å²) in [7, 11) is 2.18. The number of nitrogen functional groups attached to an aromatic ring is 1. The van der Waals surface area contributed by atoms with Crippen molar-refractivity contribution >= 4 is 11.5 Å². The smallest absolute Gasteiger partial charge is 0.157 e. The van der Waals surface area contributed by atoms with Gasteiger partial charge in [-0.25, -0.2) is 4.98 Å². The van der Waals surface area contributed by atoms with Crippen molar-refractivity contribution in [1.82, 2.24) is 19.5 Å². The van der Waals surface area contributed by atoms with Crippen LogP contribution in [0.3, 0.4) is 0 Å². The lowest BCUT2D eigenvalue weighted by atomic mass is 9.94. The molecule has 96 valence electrons. The average molecular weight is 245 g/mol. The van der Waals surface area contributed by atoms with E-state index >= 15 is 0 Å². The third kappa shape index (κ3) is 2.18. The van der Waals surface area contributed by atoms with Gasteiger partial charge in [0.15, 0.2) is 11.5 Å². The molecule has 1 saturated heterocycles. The molecular weight excluding hydrogens is 226 g/mol. The third-order valence-electron chi connectivity index (χ3n) is 3.74. The Labute approximate surface area is 107 Å². The Bertz CT molecular complexity index is 539. The first kappa shape index (κ1) is 11.5. The molecule has 0 spiro atoms. The number of aromatic nitrogens is 3. The van der Waals surface area contributed by atoms with Gasteiger partial charge < -0.3 is 10.6 Å². The predicted molar refractivity (Wildman–Crippen MR) is 71.3 cm³/mol. The van der Waals surface area contributed by atoms with Crippen molar-refractivity contribution in [2.24, 2.45) is 5.92 Å². The monoisotopic (exact) mass is 245 g/mol. The Kier molecular flexibility index (Phi) is 2.91. The largest absolute Gasteiger partial charge is 0.384 e. The summed E-state index contributed by atoms with van der Waals surface area (Å²) < 4.78 is 1.73. The van der Waals surface area contributed by atoms with Crippen LogP contribution in [0.2, 0.25) is 0 Å². The molecule has 1 aliphatic heterocycles. The van der Waals surface area contributed by atoms with Crippen LogP contribution in [0, 0.1) is 5.92 Å². The zero-order valence-corrected chi connectivity index (χ0v) is 10.7. The van der Waals surface area contributed by atoms with Gasteiger partial charge in [-0.2, -0.15) is 4.52 Å². The molecule has 18 heavy (non-hydrogen) atoms. The maximum Gasteiger partial charge on any atom is 0.157 e. The van der Waals surface area contributed by atoms with E-state index in [2.05, 4.69) is 22.0 Å². The fourth-order valence-electron chi connectivity index (χ4n) is 2.58. The van der Waals surface area contributed by atoms with E-state index in [1.165, 1.54) is 25.9 Å². The SMILES string of the molecule is CN1CCC(Cc2nc3cccc(N)n3n2)CC1. The number of nitrogens with two attached hydrogens (primary N) is 1. The van der Waals surface area contributed by atoms with Crippen molar-refractivity contribution in [3.63, 3.8) is 0 Å². The Morgan fingerprint density at radius 2 is 2.11 bits per heavy atom. The van der Waals surface area contributed by atoms with E-state index in [9.17, 15) is 0 Å². The first-order chi connectivity index (χ1) is 8.72. The molecule has 2 aromatic heterocycles. The molecule has 0 amide bonds. The van der Waals surface area contributed by atoms with Gasteiger partial charge in [0.25, 0.3) is 0 Å². The normalized spacial score (nSPS) is 18.5. The van der Waals surface area contributed by atoms with Gasteiger partial charge in [0.2, 0.25) is 0 Å². The number of nitrogens with zero attached hydrogens (tertiary/aromatic N) is 4. The highest BCUT2D eigenvalue weighted by atomic mass is 15.3. The highest BCUT2D eigenvalue weighted by Crippen LogP contribution is 2.20. The molecule has 0 aromatic carbocycles. The van der Waals surface area contributed by atoms with Crippen molar-refractivity contribution < 1.29 is 0 Å². The first-order valence-electron chi connectivity index (χ1n) is 6.51. The third-order valence-corrected chi connectivity index (χ3v) is 3.74. The summed E-state index contributed by atoms with van der Waals surface area (Å²) in [6, 6.07) is 5.71. The number of hydrogen-bond acceptors (Lipinski definition) is 4. The van der Waals surface area contributed by atoms with Gasteiger partial charge >= 0.3 is 0 Å². The molecule has 1 fully saturated rings. The van der Waals surface area contributed by atoms with E-state index in [4.69, 9.17) is 5.73 Å². The zero-order valence-electron chi connectivity index (χ0n) is 10.7. The van der Waals surface area contributed by atoms with Crippen molar-refractivity contribution in [2.45, 2.75) is 19.3 Å². The van der Waals surface area contributed by atoms with Crippen LogP contribution >= 0.6 is 0 Å². The fraction of sp³-hybridized carbons (Fsp3) is 0.538. The molecule has 0 aliphatic carbocycles. The van der Waals surface area contributed by atoms with Crippen LogP contribution in [0.15, 0.2) is 18.2 Å². The number of fused-ring (bicyclic) bond motifs is 1. The molecule has 0 saturated carbocycles. The number of hydrogen-bond donors (Lipinski definition) is 1. The van der Waals surface area contributed by atoms with Crippen molar-refractivity contribution in [2.75, 3.05) is 25.9 Å². The van der Waals surface area contributed by atoms with E-state index in [0.29, 0.717) is 11.7 Å². The molecule has 2 aromatic rings. The van der Waals surface area contributed by atoms with E-state index in [1.807, 2.05) is 18.2 Å². The lowest BCUT2D eigenvalue weighted by Gasteiger charge is -2.28. The summed E-state index contributed by atoms with van der Waals surface area (Å²) in [5.41, 5.74) is 6.72. The minimum Gasteiger partial charge on any atom is -0.384 e. The minimum absolute atomic E-state index is 0.648. The first-order valence-corrected chi connectivity index (χ1v) is 6.51. The summed E-state index contributed by atoms with van der Waals surface area (Å²) in [5, 5.41) is 4.49. The number of piperidine rings is 1. The molecular formula is C13H19N5. The number of rotatable bonds is 2. The van der Waals surface area contributed by atoms with Gasteiger partial charge in [-0.1, -0.05) is 6.07 Å². The highest BCUT2D eigenvalue weighted by Gasteiger charge is 2.19. The minimum atomic E-state index is 0.648. The Morgan fingerprint density at radius 3 is 2.83 bits per heavy atom. The molecule has 5 nitrogen and oxygen atoms in total.